The Morgan fingerprint density at radius 1 is 1.30 bits per heavy atom. The highest BCUT2D eigenvalue weighted by atomic mass is 16.1. The summed E-state index contributed by atoms with van der Waals surface area (Å²) in [5.74, 6) is -0.521. The highest BCUT2D eigenvalue weighted by Crippen LogP contribution is 2.18. The molecule has 20 heavy (non-hydrogen) atoms. The number of anilines is 2. The lowest BCUT2D eigenvalue weighted by atomic mass is 10.1. The molecule has 0 spiro atoms. The molecule has 0 radical (unpaired) electrons. The second kappa shape index (κ2) is 6.06. The third-order valence-electron chi connectivity index (χ3n) is 3.07. The van der Waals surface area contributed by atoms with Crippen LogP contribution in [0, 0.1) is 0 Å². The van der Waals surface area contributed by atoms with E-state index in [4.69, 9.17) is 11.5 Å². The van der Waals surface area contributed by atoms with Gasteiger partial charge in [0.25, 0.3) is 5.91 Å². The average molecular weight is 270 g/mol. The quantitative estimate of drug-likeness (QED) is 0.811. The molecule has 5 nitrogen and oxygen atoms in total. The van der Waals surface area contributed by atoms with Gasteiger partial charge in [0.2, 0.25) is 0 Å². The lowest BCUT2D eigenvalue weighted by Gasteiger charge is -2.23. The minimum absolute atomic E-state index is 0.272. The number of nitrogens with two attached hydrogens (primary N) is 2. The highest BCUT2D eigenvalue weighted by Gasteiger charge is 2.09. The number of hydrogen-bond acceptors (Lipinski definition) is 4. The molecule has 1 heterocycles. The summed E-state index contributed by atoms with van der Waals surface area (Å²) in [6.45, 7) is 3.57. The van der Waals surface area contributed by atoms with Gasteiger partial charge in [-0.2, -0.15) is 0 Å². The highest BCUT2D eigenvalue weighted by molar-refractivity contribution is 5.91. The number of rotatable bonds is 5. The van der Waals surface area contributed by atoms with E-state index in [1.807, 2.05) is 30.3 Å². The third-order valence-corrected chi connectivity index (χ3v) is 3.07. The Bertz CT molecular complexity index is 612. The largest absolute Gasteiger partial charge is 0.399 e. The lowest BCUT2D eigenvalue weighted by molar-refractivity contribution is 0.0995. The number of primary amides is 1. The van der Waals surface area contributed by atoms with Gasteiger partial charge in [-0.3, -0.25) is 9.78 Å². The first kappa shape index (κ1) is 13.9. The maximum atomic E-state index is 11.2. The predicted molar refractivity (Wildman–Crippen MR) is 80.3 cm³/mol. The number of amides is 1. The molecule has 0 unspecified atom stereocenters. The maximum absolute atomic E-state index is 11.2. The molecule has 104 valence electrons. The van der Waals surface area contributed by atoms with E-state index in [9.17, 15) is 4.79 Å². The average Bonchev–Trinajstić information content (AvgIpc) is 2.45. The van der Waals surface area contributed by atoms with Gasteiger partial charge in [0.05, 0.1) is 0 Å². The maximum Gasteiger partial charge on any atom is 0.267 e. The zero-order valence-corrected chi connectivity index (χ0v) is 11.4. The van der Waals surface area contributed by atoms with Gasteiger partial charge in [0.15, 0.2) is 0 Å². The van der Waals surface area contributed by atoms with E-state index in [1.165, 1.54) is 0 Å². The van der Waals surface area contributed by atoms with E-state index >= 15 is 0 Å². The summed E-state index contributed by atoms with van der Waals surface area (Å²) >= 11 is 0. The fraction of sp³-hybridized carbons (Fsp3) is 0.200. The van der Waals surface area contributed by atoms with Gasteiger partial charge >= 0.3 is 0 Å². The monoisotopic (exact) mass is 270 g/mol. The van der Waals surface area contributed by atoms with Crippen molar-refractivity contribution in [1.82, 2.24) is 4.98 Å². The van der Waals surface area contributed by atoms with Crippen molar-refractivity contribution in [3.05, 3.63) is 53.9 Å². The fourth-order valence-corrected chi connectivity index (χ4v) is 2.05. The van der Waals surface area contributed by atoms with Gasteiger partial charge in [-0.15, -0.1) is 0 Å². The second-order valence-electron chi connectivity index (χ2n) is 4.52. The van der Waals surface area contributed by atoms with Crippen molar-refractivity contribution in [2.75, 3.05) is 17.2 Å². The van der Waals surface area contributed by atoms with Crippen LogP contribution in [0.4, 0.5) is 11.4 Å². The van der Waals surface area contributed by atoms with Gasteiger partial charge in [-0.1, -0.05) is 12.1 Å². The molecule has 2 aromatic rings. The summed E-state index contributed by atoms with van der Waals surface area (Å²) in [4.78, 5) is 17.3. The number of pyridine rings is 1. The number of hydrogen-bond donors (Lipinski definition) is 2. The molecule has 0 atom stereocenters. The number of nitrogen functional groups attached to an aromatic ring is 1. The van der Waals surface area contributed by atoms with Crippen LogP contribution in [0.3, 0.4) is 0 Å². The molecule has 0 bridgehead atoms. The molecular weight excluding hydrogens is 252 g/mol. The van der Waals surface area contributed by atoms with Gasteiger partial charge in [0.1, 0.15) is 5.69 Å². The Kier molecular flexibility index (Phi) is 4.20. The first-order valence-corrected chi connectivity index (χ1v) is 6.45. The Balaban J connectivity index is 2.24. The van der Waals surface area contributed by atoms with E-state index in [-0.39, 0.29) is 5.69 Å². The van der Waals surface area contributed by atoms with Gasteiger partial charge in [-0.25, -0.2) is 0 Å². The zero-order valence-electron chi connectivity index (χ0n) is 11.4. The Morgan fingerprint density at radius 2 is 2.10 bits per heavy atom. The standard InChI is InChI=1S/C15H18N4O/c1-2-19(10-11-4-3-5-12(16)8-11)13-6-7-18-14(9-13)15(17)20/h3-9H,2,10,16H2,1H3,(H2,17,20). The summed E-state index contributed by atoms with van der Waals surface area (Å²) in [5, 5.41) is 0. The van der Waals surface area contributed by atoms with Crippen molar-refractivity contribution in [1.29, 1.82) is 0 Å². The molecule has 5 heteroatoms. The minimum Gasteiger partial charge on any atom is -0.399 e. The van der Waals surface area contributed by atoms with Crippen molar-refractivity contribution in [2.45, 2.75) is 13.5 Å². The number of benzene rings is 1. The molecule has 1 amide bonds. The van der Waals surface area contributed by atoms with Crippen LogP contribution in [0.1, 0.15) is 23.0 Å². The van der Waals surface area contributed by atoms with E-state index in [1.54, 1.807) is 12.3 Å². The molecular formula is C15H18N4O. The van der Waals surface area contributed by atoms with Crippen LogP contribution in [0.5, 0.6) is 0 Å². The van der Waals surface area contributed by atoms with Crippen molar-refractivity contribution in [3.8, 4) is 0 Å². The van der Waals surface area contributed by atoms with E-state index in [0.717, 1.165) is 23.5 Å². The summed E-state index contributed by atoms with van der Waals surface area (Å²) in [6, 6.07) is 11.3. The second-order valence-corrected chi connectivity index (χ2v) is 4.52. The van der Waals surface area contributed by atoms with Crippen LogP contribution >= 0.6 is 0 Å². The van der Waals surface area contributed by atoms with Crippen LogP contribution in [0.2, 0.25) is 0 Å². The topological polar surface area (TPSA) is 85.2 Å². The predicted octanol–water partition coefficient (Wildman–Crippen LogP) is 1.79. The van der Waals surface area contributed by atoms with E-state index < -0.39 is 5.91 Å². The van der Waals surface area contributed by atoms with Gasteiger partial charge in [-0.05, 0) is 36.8 Å². The van der Waals surface area contributed by atoms with Gasteiger partial charge < -0.3 is 16.4 Å². The van der Waals surface area contributed by atoms with Crippen molar-refractivity contribution >= 4 is 17.3 Å². The molecule has 1 aromatic carbocycles. The fourth-order valence-electron chi connectivity index (χ4n) is 2.05. The lowest BCUT2D eigenvalue weighted by Crippen LogP contribution is -2.23. The molecule has 0 saturated heterocycles. The molecule has 0 aliphatic rings. The number of nitrogens with zero attached hydrogens (tertiary/aromatic N) is 2. The van der Waals surface area contributed by atoms with Crippen molar-refractivity contribution in [3.63, 3.8) is 0 Å². The molecule has 0 aliphatic carbocycles. The first-order chi connectivity index (χ1) is 9.60. The normalized spacial score (nSPS) is 10.2. The summed E-state index contributed by atoms with van der Waals surface area (Å²) in [5.41, 5.74) is 14.1. The van der Waals surface area contributed by atoms with Crippen molar-refractivity contribution in [2.24, 2.45) is 5.73 Å². The minimum atomic E-state index is -0.521. The zero-order chi connectivity index (χ0) is 14.5. The smallest absolute Gasteiger partial charge is 0.267 e. The first-order valence-electron chi connectivity index (χ1n) is 6.45. The molecule has 0 aliphatic heterocycles. The van der Waals surface area contributed by atoms with E-state index in [2.05, 4.69) is 16.8 Å². The SMILES string of the molecule is CCN(Cc1cccc(N)c1)c1ccnc(C(N)=O)c1. The Morgan fingerprint density at radius 3 is 2.75 bits per heavy atom. The van der Waals surface area contributed by atoms with Crippen LogP contribution in [-0.4, -0.2) is 17.4 Å². The van der Waals surface area contributed by atoms with E-state index in [0.29, 0.717) is 6.54 Å². The van der Waals surface area contributed by atoms with Crippen LogP contribution < -0.4 is 16.4 Å². The Hall–Kier alpha value is -2.56. The number of carbonyl (C=O) groups is 1. The summed E-state index contributed by atoms with van der Waals surface area (Å²) < 4.78 is 0. The number of aromatic nitrogens is 1. The van der Waals surface area contributed by atoms with Crippen LogP contribution in [0.25, 0.3) is 0 Å². The van der Waals surface area contributed by atoms with Gasteiger partial charge in [0, 0.05) is 30.7 Å². The molecule has 4 N–H and O–H groups in total. The van der Waals surface area contributed by atoms with Crippen molar-refractivity contribution < 1.29 is 4.79 Å². The molecule has 0 fully saturated rings. The Labute approximate surface area is 118 Å². The third kappa shape index (κ3) is 3.26. The molecule has 2 rings (SSSR count). The molecule has 0 saturated carbocycles. The number of carbonyl (C=O) groups excluding carboxylic acids is 1. The molecule has 1 aromatic heterocycles. The summed E-state index contributed by atoms with van der Waals surface area (Å²) in [7, 11) is 0. The van der Waals surface area contributed by atoms with Crippen LogP contribution in [0.15, 0.2) is 42.6 Å². The summed E-state index contributed by atoms with van der Waals surface area (Å²) in [6.07, 6.45) is 1.59. The van der Waals surface area contributed by atoms with Crippen LogP contribution in [-0.2, 0) is 6.54 Å².